The van der Waals surface area contributed by atoms with E-state index in [1.54, 1.807) is 12.1 Å². The molecule has 6 rings (SSSR count). The van der Waals surface area contributed by atoms with Crippen LogP contribution in [0, 0.1) is 11.7 Å². The summed E-state index contributed by atoms with van der Waals surface area (Å²) < 4.78 is 25.9. The molecule has 0 bridgehead atoms. The van der Waals surface area contributed by atoms with Crippen molar-refractivity contribution in [2.24, 2.45) is 5.92 Å². The van der Waals surface area contributed by atoms with Gasteiger partial charge in [0.1, 0.15) is 28.8 Å². The molecule has 0 N–H and O–H groups in total. The van der Waals surface area contributed by atoms with Gasteiger partial charge in [0.2, 0.25) is 10.9 Å². The number of fused-ring (bicyclic) bond motifs is 2. The van der Waals surface area contributed by atoms with Crippen LogP contribution in [-0.4, -0.2) is 16.1 Å². The number of halogens is 1. The molecule has 1 aliphatic rings. The molecule has 7 nitrogen and oxygen atoms in total. The van der Waals surface area contributed by atoms with Crippen molar-refractivity contribution in [3.05, 3.63) is 116 Å². The smallest absolute Gasteiger partial charge is 0.297 e. The van der Waals surface area contributed by atoms with Gasteiger partial charge in [-0.3, -0.25) is 14.5 Å². The van der Waals surface area contributed by atoms with Crippen LogP contribution in [0.15, 0.2) is 82.0 Å². The summed E-state index contributed by atoms with van der Waals surface area (Å²) >= 11 is 1.31. The number of carbonyl (C=O) groups is 1. The molecule has 0 saturated carbocycles. The molecule has 0 radical (unpaired) electrons. The van der Waals surface area contributed by atoms with Gasteiger partial charge >= 0.3 is 0 Å². The van der Waals surface area contributed by atoms with Crippen LogP contribution in [0.5, 0.6) is 5.75 Å². The molecule has 1 unspecified atom stereocenters. The minimum absolute atomic E-state index is 0.0749. The van der Waals surface area contributed by atoms with E-state index in [1.165, 1.54) is 28.4 Å². The molecule has 0 fully saturated rings. The summed E-state index contributed by atoms with van der Waals surface area (Å²) in [5.74, 6) is -0.125. The first-order valence-corrected chi connectivity index (χ1v) is 13.4. The van der Waals surface area contributed by atoms with Crippen LogP contribution in [0.4, 0.5) is 9.52 Å². The first-order chi connectivity index (χ1) is 18.9. The monoisotopic (exact) mass is 541 g/mol. The molecule has 0 spiro atoms. The summed E-state index contributed by atoms with van der Waals surface area (Å²) in [6, 6.07) is 19.9. The molecule has 1 amide bonds. The van der Waals surface area contributed by atoms with Gasteiger partial charge in [0.25, 0.3) is 5.91 Å². The van der Waals surface area contributed by atoms with Crippen LogP contribution >= 0.6 is 11.3 Å². The Balaban J connectivity index is 1.43. The van der Waals surface area contributed by atoms with Gasteiger partial charge in [0.05, 0.1) is 17.0 Å². The van der Waals surface area contributed by atoms with Crippen LogP contribution in [-0.2, 0) is 13.0 Å². The fraction of sp³-hybridized carbons (Fsp3) is 0.200. The highest BCUT2D eigenvalue weighted by Crippen LogP contribution is 2.42. The van der Waals surface area contributed by atoms with E-state index in [9.17, 15) is 14.0 Å². The van der Waals surface area contributed by atoms with Gasteiger partial charge in [-0.25, -0.2) is 4.39 Å². The Morgan fingerprint density at radius 2 is 1.79 bits per heavy atom. The first-order valence-electron chi connectivity index (χ1n) is 12.6. The maximum atomic E-state index is 14.1. The molecule has 1 atom stereocenters. The third-order valence-electron chi connectivity index (χ3n) is 6.52. The Morgan fingerprint density at radius 3 is 2.54 bits per heavy atom. The van der Waals surface area contributed by atoms with Crippen LogP contribution in [0.25, 0.3) is 11.0 Å². The van der Waals surface area contributed by atoms with E-state index in [4.69, 9.17) is 9.15 Å². The van der Waals surface area contributed by atoms with Crippen molar-refractivity contribution in [1.29, 1.82) is 0 Å². The summed E-state index contributed by atoms with van der Waals surface area (Å²) in [7, 11) is 0. The molecule has 196 valence electrons. The molecule has 39 heavy (non-hydrogen) atoms. The zero-order chi connectivity index (χ0) is 27.1. The zero-order valence-electron chi connectivity index (χ0n) is 21.3. The number of anilines is 1. The molecule has 5 aromatic rings. The van der Waals surface area contributed by atoms with E-state index in [0.29, 0.717) is 35.4 Å². The van der Waals surface area contributed by atoms with E-state index >= 15 is 0 Å². The number of carbonyl (C=O) groups excluding carboxylic acids is 1. The zero-order valence-corrected chi connectivity index (χ0v) is 22.1. The number of benzene rings is 3. The average Bonchev–Trinajstić information content (AvgIpc) is 3.50. The van der Waals surface area contributed by atoms with Crippen LogP contribution in [0.1, 0.15) is 52.1 Å². The number of rotatable bonds is 7. The van der Waals surface area contributed by atoms with Gasteiger partial charge in [0, 0.05) is 6.42 Å². The molecule has 9 heteroatoms. The SMILES string of the molecule is CC(C)Cc1nnc(N2C(=O)c3oc4ccc(F)cc4c(=O)c3C2c2ccc(OCc3ccccc3)cc2)s1. The van der Waals surface area contributed by atoms with Crippen molar-refractivity contribution < 1.29 is 18.3 Å². The maximum absolute atomic E-state index is 14.1. The highest BCUT2D eigenvalue weighted by molar-refractivity contribution is 7.15. The number of ether oxygens (including phenoxy) is 1. The fourth-order valence-electron chi connectivity index (χ4n) is 4.72. The third kappa shape index (κ3) is 4.70. The van der Waals surface area contributed by atoms with Crippen LogP contribution in [0.3, 0.4) is 0 Å². The summed E-state index contributed by atoms with van der Waals surface area (Å²) in [6.07, 6.45) is 0.713. The number of hydrogen-bond acceptors (Lipinski definition) is 7. The maximum Gasteiger partial charge on any atom is 0.297 e. The molecular weight excluding hydrogens is 517 g/mol. The van der Waals surface area contributed by atoms with Crippen LogP contribution < -0.4 is 15.1 Å². The Bertz CT molecular complexity index is 1730. The van der Waals surface area contributed by atoms with E-state index in [2.05, 4.69) is 24.0 Å². The van der Waals surface area contributed by atoms with Gasteiger partial charge in [-0.1, -0.05) is 67.6 Å². The predicted octanol–water partition coefficient (Wildman–Crippen LogP) is 6.31. The highest BCUT2D eigenvalue weighted by Gasteiger charge is 2.45. The Labute approximate surface area is 227 Å². The molecule has 1 aliphatic heterocycles. The minimum Gasteiger partial charge on any atom is -0.489 e. The van der Waals surface area contributed by atoms with Crippen molar-refractivity contribution in [2.75, 3.05) is 4.90 Å². The summed E-state index contributed by atoms with van der Waals surface area (Å²) in [4.78, 5) is 28.9. The van der Waals surface area contributed by atoms with Crippen molar-refractivity contribution >= 4 is 33.3 Å². The Hall–Kier alpha value is -4.37. The molecule has 3 heterocycles. The molecule has 0 saturated heterocycles. The van der Waals surface area contributed by atoms with E-state index in [1.807, 2.05) is 42.5 Å². The number of nitrogens with zero attached hydrogens (tertiary/aromatic N) is 3. The second-order valence-electron chi connectivity index (χ2n) is 9.81. The third-order valence-corrected chi connectivity index (χ3v) is 7.47. The normalized spacial score (nSPS) is 14.8. The molecule has 2 aromatic heterocycles. The van der Waals surface area contributed by atoms with Crippen molar-refractivity contribution in [2.45, 2.75) is 32.9 Å². The van der Waals surface area contributed by atoms with E-state index in [-0.39, 0.29) is 22.3 Å². The van der Waals surface area contributed by atoms with Crippen molar-refractivity contribution in [3.8, 4) is 5.75 Å². The number of aromatic nitrogens is 2. The van der Waals surface area contributed by atoms with Gasteiger partial charge in [-0.05, 0) is 47.4 Å². The molecule has 0 aliphatic carbocycles. The predicted molar refractivity (Wildman–Crippen MR) is 147 cm³/mol. The lowest BCUT2D eigenvalue weighted by Crippen LogP contribution is -2.29. The second-order valence-corrected chi connectivity index (χ2v) is 10.9. The lowest BCUT2D eigenvalue weighted by atomic mass is 9.98. The molecule has 3 aromatic carbocycles. The van der Waals surface area contributed by atoms with Crippen LogP contribution in [0.2, 0.25) is 0 Å². The average molecular weight is 542 g/mol. The minimum atomic E-state index is -0.820. The Morgan fingerprint density at radius 1 is 1.03 bits per heavy atom. The van der Waals surface area contributed by atoms with Gasteiger partial charge in [-0.15, -0.1) is 10.2 Å². The number of amides is 1. The topological polar surface area (TPSA) is 85.5 Å². The van der Waals surface area contributed by atoms with Gasteiger partial charge < -0.3 is 9.15 Å². The lowest BCUT2D eigenvalue weighted by Gasteiger charge is -2.22. The standard InChI is InChI=1S/C30H24FN3O4S/c1-17(2)14-24-32-33-30(39-24)34-26(19-8-11-21(12-9-19)37-16-18-6-4-3-5-7-18)25-27(35)22-15-20(31)10-13-23(22)38-28(25)29(34)36/h3-13,15,17,26H,14,16H2,1-2H3. The molecular formula is C30H24FN3O4S. The quantitative estimate of drug-likeness (QED) is 0.240. The van der Waals surface area contributed by atoms with Gasteiger partial charge in [0.15, 0.2) is 5.43 Å². The first kappa shape index (κ1) is 24.9. The fourth-order valence-corrected chi connectivity index (χ4v) is 5.80. The summed E-state index contributed by atoms with van der Waals surface area (Å²) in [6.45, 7) is 4.56. The van der Waals surface area contributed by atoms with E-state index in [0.717, 1.165) is 16.6 Å². The van der Waals surface area contributed by atoms with Crippen molar-refractivity contribution in [1.82, 2.24) is 10.2 Å². The number of hydrogen-bond donors (Lipinski definition) is 0. The highest BCUT2D eigenvalue weighted by atomic mass is 32.1. The summed E-state index contributed by atoms with van der Waals surface area (Å²) in [5.41, 5.74) is 1.54. The Kier molecular flexibility index (Phi) is 6.44. The summed E-state index contributed by atoms with van der Waals surface area (Å²) in [5, 5.41) is 9.81. The second kappa shape index (κ2) is 10.1. The van der Waals surface area contributed by atoms with E-state index < -0.39 is 23.2 Å². The van der Waals surface area contributed by atoms with Gasteiger partial charge in [-0.2, -0.15) is 0 Å². The lowest BCUT2D eigenvalue weighted by molar-refractivity contribution is 0.0970. The largest absolute Gasteiger partial charge is 0.489 e. The van der Waals surface area contributed by atoms with Crippen molar-refractivity contribution in [3.63, 3.8) is 0 Å².